The van der Waals surface area contributed by atoms with Gasteiger partial charge in [0.25, 0.3) is 11.8 Å². The molecule has 0 aromatic heterocycles. The molecule has 0 radical (unpaired) electrons. The predicted molar refractivity (Wildman–Crippen MR) is 115 cm³/mol. The normalized spacial score (nSPS) is 16.0. The Morgan fingerprint density at radius 1 is 0.931 bits per heavy atom. The van der Waals surface area contributed by atoms with Gasteiger partial charge in [-0.15, -0.1) is 0 Å². The third kappa shape index (κ3) is 8.69. The Morgan fingerprint density at radius 2 is 1.45 bits per heavy atom. The van der Waals surface area contributed by atoms with Crippen LogP contribution in [-0.2, 0) is 19.1 Å². The number of nitrogens with one attached hydrogen (secondary N) is 1. The molecular weight excluding hydrogens is 368 g/mol. The highest BCUT2D eigenvalue weighted by atomic mass is 16.5. The van der Waals surface area contributed by atoms with Crippen molar-refractivity contribution in [2.24, 2.45) is 5.41 Å². The van der Waals surface area contributed by atoms with Gasteiger partial charge in [-0.25, -0.2) is 0 Å². The minimum Gasteiger partial charge on any atom is -0.375 e. The molecule has 166 valence electrons. The summed E-state index contributed by atoms with van der Waals surface area (Å²) in [6, 6.07) is 0. The van der Waals surface area contributed by atoms with Crippen LogP contribution in [0.4, 0.5) is 0 Å². The van der Waals surface area contributed by atoms with E-state index >= 15 is 0 Å². The molecule has 0 atom stereocenters. The summed E-state index contributed by atoms with van der Waals surface area (Å²) in [5.41, 5.74) is -1.29. The van der Waals surface area contributed by atoms with Crippen LogP contribution < -0.4 is 5.32 Å². The summed E-state index contributed by atoms with van der Waals surface area (Å²) < 4.78 is 6.09. The maximum atomic E-state index is 12.6. The smallest absolute Gasteiger partial charge is 0.254 e. The van der Waals surface area contributed by atoms with Gasteiger partial charge in [-0.3, -0.25) is 19.3 Å². The lowest BCUT2D eigenvalue weighted by Gasteiger charge is -2.37. The van der Waals surface area contributed by atoms with Gasteiger partial charge < -0.3 is 10.1 Å². The van der Waals surface area contributed by atoms with Crippen LogP contribution in [0.3, 0.4) is 0 Å². The van der Waals surface area contributed by atoms with Crippen molar-refractivity contribution in [3.63, 3.8) is 0 Å². The number of rotatable bonds is 10. The second-order valence-electron chi connectivity index (χ2n) is 11.2. The van der Waals surface area contributed by atoms with E-state index in [2.05, 4.69) is 26.1 Å². The zero-order valence-corrected chi connectivity index (χ0v) is 19.8. The fraction of sp³-hybridized carbons (Fsp3) is 0.783. The first-order valence-electron chi connectivity index (χ1n) is 10.5. The highest BCUT2D eigenvalue weighted by molar-refractivity contribution is 6.13. The Bertz CT molecular complexity index is 636. The maximum Gasteiger partial charge on any atom is 0.254 e. The molecule has 1 heterocycles. The molecule has 3 amide bonds. The van der Waals surface area contributed by atoms with E-state index in [-0.39, 0.29) is 35.2 Å². The van der Waals surface area contributed by atoms with Crippen LogP contribution in [0.2, 0.25) is 0 Å². The lowest BCUT2D eigenvalue weighted by molar-refractivity contribution is -0.144. The van der Waals surface area contributed by atoms with Crippen LogP contribution >= 0.6 is 0 Å². The maximum absolute atomic E-state index is 12.6. The number of carbonyl (C=O) groups excluding carboxylic acids is 3. The highest BCUT2D eigenvalue weighted by Crippen LogP contribution is 2.27. The molecule has 0 spiro atoms. The van der Waals surface area contributed by atoms with Crippen molar-refractivity contribution in [2.75, 3.05) is 6.61 Å². The Balaban J connectivity index is 2.55. The van der Waals surface area contributed by atoms with Gasteiger partial charge in [0.05, 0.1) is 5.60 Å². The third-order valence-electron chi connectivity index (χ3n) is 5.07. The third-order valence-corrected chi connectivity index (χ3v) is 5.07. The van der Waals surface area contributed by atoms with Crippen LogP contribution in [-0.4, -0.2) is 45.9 Å². The molecule has 6 heteroatoms. The van der Waals surface area contributed by atoms with Gasteiger partial charge in [0.15, 0.2) is 0 Å². The van der Waals surface area contributed by atoms with Crippen molar-refractivity contribution < 1.29 is 19.1 Å². The monoisotopic (exact) mass is 408 g/mol. The molecule has 0 aromatic rings. The molecule has 1 rings (SSSR count). The Labute approximate surface area is 176 Å². The average Bonchev–Trinajstić information content (AvgIpc) is 2.81. The Kier molecular flexibility index (Phi) is 7.85. The van der Waals surface area contributed by atoms with Crippen LogP contribution in [0.25, 0.3) is 0 Å². The van der Waals surface area contributed by atoms with Gasteiger partial charge in [0.2, 0.25) is 5.91 Å². The minimum absolute atomic E-state index is 0.0966. The molecule has 1 aliphatic rings. The minimum atomic E-state index is -0.714. The summed E-state index contributed by atoms with van der Waals surface area (Å²) in [5, 5.41) is 3.08. The van der Waals surface area contributed by atoms with Gasteiger partial charge >= 0.3 is 0 Å². The van der Waals surface area contributed by atoms with Crippen molar-refractivity contribution >= 4 is 17.7 Å². The molecule has 0 unspecified atom stereocenters. The van der Waals surface area contributed by atoms with Crippen molar-refractivity contribution in [3.8, 4) is 0 Å². The molecular formula is C23H40N2O4. The average molecular weight is 409 g/mol. The summed E-state index contributed by atoms with van der Waals surface area (Å²) in [6.07, 6.45) is 4.83. The van der Waals surface area contributed by atoms with Gasteiger partial charge in [0.1, 0.15) is 0 Å². The van der Waals surface area contributed by atoms with Crippen LogP contribution in [0.15, 0.2) is 12.2 Å². The number of nitrogens with zero attached hydrogens (tertiary/aromatic N) is 1. The summed E-state index contributed by atoms with van der Waals surface area (Å²) in [7, 11) is 0. The molecule has 1 aliphatic heterocycles. The molecule has 0 aromatic carbocycles. The fourth-order valence-electron chi connectivity index (χ4n) is 3.76. The fourth-order valence-corrected chi connectivity index (χ4v) is 3.76. The molecule has 0 fully saturated rings. The van der Waals surface area contributed by atoms with Crippen molar-refractivity contribution in [2.45, 2.75) is 105 Å². The number of hydrogen-bond donors (Lipinski definition) is 1. The van der Waals surface area contributed by atoms with Gasteiger partial charge in [-0.05, 0) is 66.2 Å². The van der Waals surface area contributed by atoms with Gasteiger partial charge in [-0.1, -0.05) is 20.8 Å². The number of imide groups is 1. The van der Waals surface area contributed by atoms with Crippen molar-refractivity contribution in [3.05, 3.63) is 12.2 Å². The molecule has 0 saturated heterocycles. The lowest BCUT2D eigenvalue weighted by Crippen LogP contribution is -2.50. The van der Waals surface area contributed by atoms with E-state index in [4.69, 9.17) is 4.74 Å². The lowest BCUT2D eigenvalue weighted by atomic mass is 9.88. The second-order valence-corrected chi connectivity index (χ2v) is 11.2. The summed E-state index contributed by atoms with van der Waals surface area (Å²) in [6.45, 7) is 18.9. The Hall–Kier alpha value is -1.69. The van der Waals surface area contributed by atoms with E-state index in [0.717, 1.165) is 6.42 Å². The number of hydrogen-bond acceptors (Lipinski definition) is 4. The first-order valence-corrected chi connectivity index (χ1v) is 10.5. The molecule has 29 heavy (non-hydrogen) atoms. The quantitative estimate of drug-likeness (QED) is 0.555. The molecule has 0 bridgehead atoms. The molecule has 6 nitrogen and oxygen atoms in total. The van der Waals surface area contributed by atoms with E-state index in [0.29, 0.717) is 19.4 Å². The van der Waals surface area contributed by atoms with E-state index in [1.165, 1.54) is 17.1 Å². The zero-order valence-electron chi connectivity index (χ0n) is 19.8. The van der Waals surface area contributed by atoms with Crippen molar-refractivity contribution in [1.29, 1.82) is 0 Å². The second kappa shape index (κ2) is 8.99. The van der Waals surface area contributed by atoms with Crippen LogP contribution in [0.5, 0.6) is 0 Å². The standard InChI is InChI=1S/C23H40N2O4/c1-20(2,3)14-15-29-23(8,9)16-21(4,5)24-17(26)12-13-22(6,7)25-18(27)10-11-19(25)28/h10-11H,12-16H2,1-9H3,(H,24,26). The predicted octanol–water partition coefficient (Wildman–Crippen LogP) is 3.99. The van der Waals surface area contributed by atoms with E-state index in [1.807, 2.05) is 27.7 Å². The Morgan fingerprint density at radius 3 is 1.93 bits per heavy atom. The number of carbonyl (C=O) groups is 3. The highest BCUT2D eigenvalue weighted by Gasteiger charge is 2.38. The number of amides is 3. The largest absolute Gasteiger partial charge is 0.375 e. The SMILES string of the molecule is CC(C)(C)CCOC(C)(C)CC(C)(C)NC(=O)CCC(C)(C)N1C(=O)C=CC1=O. The van der Waals surface area contributed by atoms with E-state index in [9.17, 15) is 14.4 Å². The zero-order chi connectivity index (χ0) is 22.7. The van der Waals surface area contributed by atoms with Gasteiger partial charge in [0, 0.05) is 36.3 Å². The summed E-state index contributed by atoms with van der Waals surface area (Å²) >= 11 is 0. The van der Waals surface area contributed by atoms with E-state index in [1.54, 1.807) is 13.8 Å². The number of ether oxygens (including phenoxy) is 1. The van der Waals surface area contributed by atoms with Crippen LogP contribution in [0.1, 0.15) is 88.0 Å². The van der Waals surface area contributed by atoms with E-state index < -0.39 is 11.1 Å². The summed E-state index contributed by atoms with van der Waals surface area (Å²) in [4.78, 5) is 37.6. The van der Waals surface area contributed by atoms with Crippen molar-refractivity contribution in [1.82, 2.24) is 10.2 Å². The van der Waals surface area contributed by atoms with Crippen LogP contribution in [0, 0.1) is 5.41 Å². The molecule has 0 saturated carbocycles. The first kappa shape index (κ1) is 25.3. The molecule has 1 N–H and O–H groups in total. The topological polar surface area (TPSA) is 75.7 Å². The first-order chi connectivity index (χ1) is 12.9. The molecule has 0 aliphatic carbocycles. The van der Waals surface area contributed by atoms with Gasteiger partial charge in [-0.2, -0.15) is 0 Å². The summed E-state index contributed by atoms with van der Waals surface area (Å²) in [5.74, 6) is -0.745.